The van der Waals surface area contributed by atoms with Gasteiger partial charge in [-0.15, -0.1) is 11.3 Å². The molecule has 20 heavy (non-hydrogen) atoms. The molecular weight excluding hydrogens is 272 g/mol. The van der Waals surface area contributed by atoms with Crippen molar-refractivity contribution in [2.24, 2.45) is 5.73 Å². The van der Waals surface area contributed by atoms with Crippen molar-refractivity contribution in [1.82, 2.24) is 5.32 Å². The quantitative estimate of drug-likeness (QED) is 0.859. The van der Waals surface area contributed by atoms with Gasteiger partial charge >= 0.3 is 0 Å². The van der Waals surface area contributed by atoms with Crippen LogP contribution in [0.2, 0.25) is 0 Å². The van der Waals surface area contributed by atoms with Crippen LogP contribution < -0.4 is 15.8 Å². The predicted molar refractivity (Wildman–Crippen MR) is 82.3 cm³/mol. The molecule has 106 valence electrons. The summed E-state index contributed by atoms with van der Waals surface area (Å²) in [5.74, 6) is 0.497. The van der Waals surface area contributed by atoms with Crippen LogP contribution in [0, 0.1) is 0 Å². The summed E-state index contributed by atoms with van der Waals surface area (Å²) in [6.45, 7) is 3.32. The summed E-state index contributed by atoms with van der Waals surface area (Å²) >= 11 is 1.43. The summed E-state index contributed by atoms with van der Waals surface area (Å²) in [6.07, 6.45) is 0. The normalized spacial score (nSPS) is 10.3. The van der Waals surface area contributed by atoms with Crippen molar-refractivity contribution in [2.75, 3.05) is 19.7 Å². The van der Waals surface area contributed by atoms with Gasteiger partial charge in [-0.3, -0.25) is 4.79 Å². The van der Waals surface area contributed by atoms with Crippen LogP contribution in [-0.2, 0) is 0 Å². The van der Waals surface area contributed by atoms with E-state index in [1.807, 2.05) is 43.3 Å². The van der Waals surface area contributed by atoms with Gasteiger partial charge in [0.1, 0.15) is 10.6 Å². The molecule has 0 aliphatic heterocycles. The number of hydrogen-bond acceptors (Lipinski definition) is 4. The summed E-state index contributed by atoms with van der Waals surface area (Å²) < 4.78 is 5.56. The van der Waals surface area contributed by atoms with Crippen LogP contribution in [0.5, 0.6) is 5.75 Å². The fraction of sp³-hybridized carbons (Fsp3) is 0.267. The van der Waals surface area contributed by atoms with Crippen LogP contribution in [0.4, 0.5) is 0 Å². The summed E-state index contributed by atoms with van der Waals surface area (Å²) in [5, 5.41) is 2.78. The minimum atomic E-state index is -0.133. The number of carbonyl (C=O) groups is 1. The van der Waals surface area contributed by atoms with E-state index in [9.17, 15) is 4.79 Å². The molecule has 1 amide bonds. The van der Waals surface area contributed by atoms with E-state index in [1.54, 1.807) is 0 Å². The third kappa shape index (κ3) is 3.37. The Morgan fingerprint density at radius 3 is 2.75 bits per heavy atom. The van der Waals surface area contributed by atoms with E-state index < -0.39 is 0 Å². The van der Waals surface area contributed by atoms with Crippen LogP contribution in [0.25, 0.3) is 10.4 Å². The Kier molecular flexibility index (Phi) is 5.15. The SMILES string of the molecule is CCOc1cc(-c2ccccc2)sc1C(=O)NCCN. The maximum absolute atomic E-state index is 12.1. The lowest BCUT2D eigenvalue weighted by atomic mass is 10.2. The molecule has 3 N–H and O–H groups in total. The Balaban J connectivity index is 2.31. The molecule has 1 aromatic carbocycles. The van der Waals surface area contributed by atoms with Crippen LogP contribution in [0.3, 0.4) is 0 Å². The van der Waals surface area contributed by atoms with E-state index in [0.717, 1.165) is 10.4 Å². The van der Waals surface area contributed by atoms with Crippen molar-refractivity contribution in [3.63, 3.8) is 0 Å². The Hall–Kier alpha value is -1.85. The Morgan fingerprint density at radius 2 is 2.10 bits per heavy atom. The maximum atomic E-state index is 12.1. The largest absolute Gasteiger partial charge is 0.492 e. The molecule has 1 aromatic heterocycles. The number of nitrogens with two attached hydrogens (primary N) is 1. The molecule has 0 radical (unpaired) electrons. The van der Waals surface area contributed by atoms with Gasteiger partial charge in [-0.05, 0) is 18.6 Å². The van der Waals surface area contributed by atoms with E-state index in [0.29, 0.717) is 30.3 Å². The highest BCUT2D eigenvalue weighted by Gasteiger charge is 2.17. The molecule has 0 saturated heterocycles. The Morgan fingerprint density at radius 1 is 1.35 bits per heavy atom. The first-order valence-electron chi connectivity index (χ1n) is 6.56. The highest BCUT2D eigenvalue weighted by molar-refractivity contribution is 7.17. The fourth-order valence-corrected chi connectivity index (χ4v) is 2.83. The topological polar surface area (TPSA) is 64.3 Å². The minimum Gasteiger partial charge on any atom is -0.492 e. The number of rotatable bonds is 6. The third-order valence-corrected chi connectivity index (χ3v) is 3.86. The second-order valence-corrected chi connectivity index (χ2v) is 5.20. The first-order chi connectivity index (χ1) is 9.76. The number of nitrogens with one attached hydrogen (secondary N) is 1. The Labute approximate surface area is 122 Å². The average Bonchev–Trinajstić information content (AvgIpc) is 2.90. The molecule has 2 rings (SSSR count). The molecule has 0 saturated carbocycles. The molecule has 0 atom stereocenters. The van der Waals surface area contributed by atoms with Gasteiger partial charge in [-0.2, -0.15) is 0 Å². The van der Waals surface area contributed by atoms with Gasteiger partial charge < -0.3 is 15.8 Å². The number of amides is 1. The molecule has 0 bridgehead atoms. The summed E-state index contributed by atoms with van der Waals surface area (Å²) in [5.41, 5.74) is 6.49. The lowest BCUT2D eigenvalue weighted by molar-refractivity contribution is 0.0955. The number of carbonyl (C=O) groups excluding carboxylic acids is 1. The molecule has 0 aliphatic carbocycles. The number of hydrogen-bond donors (Lipinski definition) is 2. The van der Waals surface area contributed by atoms with Gasteiger partial charge in [0.05, 0.1) is 6.61 Å². The monoisotopic (exact) mass is 290 g/mol. The first-order valence-corrected chi connectivity index (χ1v) is 7.38. The van der Waals surface area contributed by atoms with Gasteiger partial charge in [0.2, 0.25) is 0 Å². The summed E-state index contributed by atoms with van der Waals surface area (Å²) in [7, 11) is 0. The van der Waals surface area contributed by atoms with Crippen LogP contribution >= 0.6 is 11.3 Å². The van der Waals surface area contributed by atoms with Gasteiger partial charge in [0.25, 0.3) is 5.91 Å². The van der Waals surface area contributed by atoms with Gasteiger partial charge in [-0.25, -0.2) is 0 Å². The van der Waals surface area contributed by atoms with Crippen LogP contribution in [0.15, 0.2) is 36.4 Å². The van der Waals surface area contributed by atoms with E-state index >= 15 is 0 Å². The maximum Gasteiger partial charge on any atom is 0.265 e. The zero-order chi connectivity index (χ0) is 14.4. The molecule has 5 heteroatoms. The van der Waals surface area contributed by atoms with Crippen molar-refractivity contribution in [3.05, 3.63) is 41.3 Å². The second-order valence-electron chi connectivity index (χ2n) is 4.15. The smallest absolute Gasteiger partial charge is 0.265 e. The first kappa shape index (κ1) is 14.6. The lowest BCUT2D eigenvalue weighted by Gasteiger charge is -2.04. The second kappa shape index (κ2) is 7.07. The molecule has 0 fully saturated rings. The zero-order valence-electron chi connectivity index (χ0n) is 11.4. The molecule has 0 aliphatic rings. The van der Waals surface area contributed by atoms with E-state index in [-0.39, 0.29) is 5.91 Å². The summed E-state index contributed by atoms with van der Waals surface area (Å²) in [4.78, 5) is 13.7. The van der Waals surface area contributed by atoms with Gasteiger partial charge in [0, 0.05) is 18.0 Å². The average molecular weight is 290 g/mol. The van der Waals surface area contributed by atoms with Crippen molar-refractivity contribution < 1.29 is 9.53 Å². The molecular formula is C15H18N2O2S. The van der Waals surface area contributed by atoms with Gasteiger partial charge in [0.15, 0.2) is 0 Å². The van der Waals surface area contributed by atoms with Crippen molar-refractivity contribution in [2.45, 2.75) is 6.92 Å². The van der Waals surface area contributed by atoms with E-state index in [4.69, 9.17) is 10.5 Å². The van der Waals surface area contributed by atoms with E-state index in [2.05, 4.69) is 5.32 Å². The molecule has 1 heterocycles. The van der Waals surface area contributed by atoms with Crippen LogP contribution in [0.1, 0.15) is 16.6 Å². The number of ether oxygens (including phenoxy) is 1. The highest BCUT2D eigenvalue weighted by Crippen LogP contribution is 2.36. The van der Waals surface area contributed by atoms with Crippen molar-refractivity contribution in [3.8, 4) is 16.2 Å². The molecule has 0 unspecified atom stereocenters. The van der Waals surface area contributed by atoms with E-state index in [1.165, 1.54) is 11.3 Å². The number of benzene rings is 1. The minimum absolute atomic E-state index is 0.133. The highest BCUT2D eigenvalue weighted by atomic mass is 32.1. The molecule has 2 aromatic rings. The standard InChI is InChI=1S/C15H18N2O2S/c1-2-19-12-10-13(11-6-4-3-5-7-11)20-14(12)15(18)17-9-8-16/h3-7,10H,2,8-9,16H2,1H3,(H,17,18). The molecule has 4 nitrogen and oxygen atoms in total. The summed E-state index contributed by atoms with van der Waals surface area (Å²) in [6, 6.07) is 11.9. The number of thiophene rings is 1. The fourth-order valence-electron chi connectivity index (χ4n) is 1.81. The van der Waals surface area contributed by atoms with Crippen molar-refractivity contribution in [1.29, 1.82) is 0 Å². The Bertz CT molecular complexity index is 567. The lowest BCUT2D eigenvalue weighted by Crippen LogP contribution is -2.28. The molecule has 0 spiro atoms. The van der Waals surface area contributed by atoms with Crippen molar-refractivity contribution >= 4 is 17.2 Å². The predicted octanol–water partition coefficient (Wildman–Crippen LogP) is 2.50. The zero-order valence-corrected chi connectivity index (χ0v) is 12.2. The third-order valence-electron chi connectivity index (χ3n) is 2.69. The van der Waals surface area contributed by atoms with Gasteiger partial charge in [-0.1, -0.05) is 30.3 Å². The van der Waals surface area contributed by atoms with Crippen LogP contribution in [-0.4, -0.2) is 25.6 Å².